The van der Waals surface area contributed by atoms with Crippen LogP contribution < -0.4 is 0 Å². The van der Waals surface area contributed by atoms with E-state index in [9.17, 15) is 4.79 Å². The fourth-order valence-electron chi connectivity index (χ4n) is 1.91. The van der Waals surface area contributed by atoms with E-state index in [2.05, 4.69) is 25.3 Å². The Balaban J connectivity index is 2.49. The molecule has 0 bridgehead atoms. The zero-order valence-electron chi connectivity index (χ0n) is 10.4. The largest absolute Gasteiger partial charge is 0.466 e. The molecular weight excluding hydrogens is 316 g/mol. The van der Waals surface area contributed by atoms with Crippen molar-refractivity contribution < 1.29 is 9.53 Å². The first-order valence-electron chi connectivity index (χ1n) is 5.61. The SMILES string of the molecule is CCOC(=O)Cc1c(C)nc2snc(Br)c2c1C. The molecule has 0 N–H and O–H groups in total. The van der Waals surface area contributed by atoms with Gasteiger partial charge in [0.1, 0.15) is 9.43 Å². The highest BCUT2D eigenvalue weighted by atomic mass is 79.9. The van der Waals surface area contributed by atoms with Crippen LogP contribution in [0.2, 0.25) is 0 Å². The van der Waals surface area contributed by atoms with E-state index in [1.54, 1.807) is 6.92 Å². The number of carbonyl (C=O) groups excluding carboxylic acids is 1. The fourth-order valence-corrected chi connectivity index (χ4v) is 3.52. The molecule has 2 rings (SSSR count). The minimum Gasteiger partial charge on any atom is -0.466 e. The normalized spacial score (nSPS) is 10.9. The van der Waals surface area contributed by atoms with E-state index >= 15 is 0 Å². The smallest absolute Gasteiger partial charge is 0.310 e. The summed E-state index contributed by atoms with van der Waals surface area (Å²) in [5.74, 6) is -0.218. The number of aryl methyl sites for hydroxylation is 2. The van der Waals surface area contributed by atoms with Gasteiger partial charge in [-0.05, 0) is 59.4 Å². The number of hydrogen-bond acceptors (Lipinski definition) is 5. The van der Waals surface area contributed by atoms with Gasteiger partial charge in [0, 0.05) is 11.1 Å². The molecule has 0 saturated heterocycles. The summed E-state index contributed by atoms with van der Waals surface area (Å²) in [6.45, 7) is 6.11. The Kier molecular flexibility index (Phi) is 3.97. The molecule has 18 heavy (non-hydrogen) atoms. The Morgan fingerprint density at radius 3 is 2.83 bits per heavy atom. The molecule has 2 heterocycles. The first kappa shape index (κ1) is 13.4. The molecule has 0 aromatic carbocycles. The zero-order valence-corrected chi connectivity index (χ0v) is 12.8. The lowest BCUT2D eigenvalue weighted by Gasteiger charge is -2.09. The van der Waals surface area contributed by atoms with E-state index in [1.165, 1.54) is 11.5 Å². The minimum absolute atomic E-state index is 0.218. The number of ether oxygens (including phenoxy) is 1. The van der Waals surface area contributed by atoms with E-state index in [4.69, 9.17) is 4.74 Å². The number of nitrogens with zero attached hydrogens (tertiary/aromatic N) is 2. The standard InChI is InChI=1S/C12H13BrN2O2S/c1-4-17-9(16)5-8-6(2)10-11(13)15-18-12(10)14-7(8)3/h4-5H2,1-3H3. The van der Waals surface area contributed by atoms with E-state index in [-0.39, 0.29) is 12.4 Å². The first-order chi connectivity index (χ1) is 8.54. The Hall–Kier alpha value is -1.01. The van der Waals surface area contributed by atoms with E-state index < -0.39 is 0 Å². The second kappa shape index (κ2) is 5.32. The Labute approximate surface area is 118 Å². The molecule has 4 nitrogen and oxygen atoms in total. The van der Waals surface area contributed by atoms with Crippen LogP contribution in [0.5, 0.6) is 0 Å². The summed E-state index contributed by atoms with van der Waals surface area (Å²) in [7, 11) is 0. The van der Waals surface area contributed by atoms with E-state index in [0.29, 0.717) is 6.61 Å². The van der Waals surface area contributed by atoms with Crippen molar-refractivity contribution in [2.24, 2.45) is 0 Å². The summed E-state index contributed by atoms with van der Waals surface area (Å²) in [6.07, 6.45) is 0.261. The third-order valence-corrected chi connectivity index (χ3v) is 4.34. The van der Waals surface area contributed by atoms with Gasteiger partial charge in [-0.1, -0.05) is 0 Å². The zero-order chi connectivity index (χ0) is 13.3. The van der Waals surface area contributed by atoms with Crippen molar-refractivity contribution in [2.45, 2.75) is 27.2 Å². The Morgan fingerprint density at radius 2 is 2.17 bits per heavy atom. The van der Waals surface area contributed by atoms with Gasteiger partial charge in [-0.2, -0.15) is 4.37 Å². The van der Waals surface area contributed by atoms with Crippen molar-refractivity contribution in [1.29, 1.82) is 0 Å². The van der Waals surface area contributed by atoms with Gasteiger partial charge in [-0.15, -0.1) is 0 Å². The molecule has 0 radical (unpaired) electrons. The number of pyridine rings is 1. The van der Waals surface area contributed by atoms with Gasteiger partial charge in [0.05, 0.1) is 13.0 Å². The van der Waals surface area contributed by atoms with Gasteiger partial charge in [-0.25, -0.2) is 4.98 Å². The molecule has 0 aliphatic heterocycles. The number of esters is 1. The van der Waals surface area contributed by atoms with E-state index in [0.717, 1.165) is 31.6 Å². The fraction of sp³-hybridized carbons (Fsp3) is 0.417. The maximum atomic E-state index is 11.6. The molecule has 0 spiro atoms. The van der Waals surface area contributed by atoms with Gasteiger partial charge in [0.2, 0.25) is 0 Å². The van der Waals surface area contributed by atoms with Crippen LogP contribution in [0.1, 0.15) is 23.7 Å². The van der Waals surface area contributed by atoms with Crippen LogP contribution in [0.4, 0.5) is 0 Å². The highest BCUT2D eigenvalue weighted by Crippen LogP contribution is 2.31. The van der Waals surface area contributed by atoms with Crippen molar-refractivity contribution in [3.05, 3.63) is 21.4 Å². The van der Waals surface area contributed by atoms with Crippen LogP contribution in [0, 0.1) is 13.8 Å². The molecular formula is C12H13BrN2O2S. The monoisotopic (exact) mass is 328 g/mol. The molecule has 2 aromatic rings. The van der Waals surface area contributed by atoms with Crippen molar-refractivity contribution in [1.82, 2.24) is 9.36 Å². The second-order valence-corrected chi connectivity index (χ2v) is 5.44. The maximum absolute atomic E-state index is 11.6. The lowest BCUT2D eigenvalue weighted by atomic mass is 10.0. The lowest BCUT2D eigenvalue weighted by Crippen LogP contribution is -2.10. The van der Waals surface area contributed by atoms with Crippen LogP contribution >= 0.6 is 27.5 Å². The predicted molar refractivity (Wildman–Crippen MR) is 74.9 cm³/mol. The Bertz CT molecular complexity index is 610. The van der Waals surface area contributed by atoms with Gasteiger partial charge in [0.25, 0.3) is 0 Å². The van der Waals surface area contributed by atoms with Crippen LogP contribution in [-0.2, 0) is 16.0 Å². The number of carbonyl (C=O) groups is 1. The predicted octanol–water partition coefficient (Wildman–Crippen LogP) is 3.18. The van der Waals surface area contributed by atoms with E-state index in [1.807, 2.05) is 13.8 Å². The number of halogens is 1. The summed E-state index contributed by atoms with van der Waals surface area (Å²) in [5.41, 5.74) is 2.84. The average molecular weight is 329 g/mol. The maximum Gasteiger partial charge on any atom is 0.310 e. The van der Waals surface area contributed by atoms with Crippen molar-refractivity contribution in [3.63, 3.8) is 0 Å². The number of rotatable bonds is 3. The third kappa shape index (κ3) is 2.40. The highest BCUT2D eigenvalue weighted by molar-refractivity contribution is 9.10. The van der Waals surface area contributed by atoms with Crippen molar-refractivity contribution in [3.8, 4) is 0 Å². The molecule has 6 heteroatoms. The minimum atomic E-state index is -0.218. The molecule has 96 valence electrons. The second-order valence-electron chi connectivity index (χ2n) is 3.94. The van der Waals surface area contributed by atoms with Crippen LogP contribution in [-0.4, -0.2) is 21.9 Å². The molecule has 2 aromatic heterocycles. The first-order valence-corrected chi connectivity index (χ1v) is 7.17. The Morgan fingerprint density at radius 1 is 1.44 bits per heavy atom. The van der Waals surface area contributed by atoms with Crippen LogP contribution in [0.3, 0.4) is 0 Å². The number of fused-ring (bicyclic) bond motifs is 1. The molecule has 0 unspecified atom stereocenters. The molecule has 0 saturated carbocycles. The van der Waals surface area contributed by atoms with Gasteiger partial charge < -0.3 is 4.74 Å². The molecule has 0 atom stereocenters. The van der Waals surface area contributed by atoms with Crippen LogP contribution in [0.25, 0.3) is 10.2 Å². The summed E-state index contributed by atoms with van der Waals surface area (Å²) >= 11 is 4.77. The van der Waals surface area contributed by atoms with Gasteiger partial charge in [0.15, 0.2) is 0 Å². The quantitative estimate of drug-likeness (QED) is 0.812. The third-order valence-electron chi connectivity index (χ3n) is 2.79. The number of hydrogen-bond donors (Lipinski definition) is 0. The van der Waals surface area contributed by atoms with Crippen molar-refractivity contribution in [2.75, 3.05) is 6.61 Å². The summed E-state index contributed by atoms with van der Waals surface area (Å²) in [6, 6.07) is 0. The molecule has 0 aliphatic rings. The summed E-state index contributed by atoms with van der Waals surface area (Å²) in [5, 5.41) is 0.991. The topological polar surface area (TPSA) is 52.1 Å². The molecule has 0 fully saturated rings. The van der Waals surface area contributed by atoms with Gasteiger partial charge in [-0.3, -0.25) is 4.79 Å². The lowest BCUT2D eigenvalue weighted by molar-refractivity contribution is -0.142. The summed E-state index contributed by atoms with van der Waals surface area (Å²) in [4.78, 5) is 17.0. The number of aromatic nitrogens is 2. The summed E-state index contributed by atoms with van der Waals surface area (Å²) < 4.78 is 10.0. The van der Waals surface area contributed by atoms with Crippen LogP contribution in [0.15, 0.2) is 4.60 Å². The average Bonchev–Trinajstić information content (AvgIpc) is 2.66. The highest BCUT2D eigenvalue weighted by Gasteiger charge is 2.17. The van der Waals surface area contributed by atoms with Crippen molar-refractivity contribution >= 4 is 43.6 Å². The van der Waals surface area contributed by atoms with Gasteiger partial charge >= 0.3 is 5.97 Å². The molecule has 0 amide bonds. The molecule has 0 aliphatic carbocycles.